The number of esters is 1. The second-order valence-corrected chi connectivity index (χ2v) is 8.84. The Morgan fingerprint density at radius 2 is 1.78 bits per heavy atom. The molecule has 4 rings (SSSR count). The summed E-state index contributed by atoms with van der Waals surface area (Å²) in [6.07, 6.45) is 8.89. The highest BCUT2D eigenvalue weighted by atomic mass is 16.5. The summed E-state index contributed by atoms with van der Waals surface area (Å²) in [6, 6.07) is 7.72. The van der Waals surface area contributed by atoms with Crippen LogP contribution >= 0.6 is 0 Å². The average molecular weight is 440 g/mol. The topological polar surface area (TPSA) is 73.8 Å². The standard InChI is InChI=1S/C25H33N3O4/c1-30-17-19-15-26-25(27-16-19)28-10-7-20(8-11-28)23-14-21(23)9-12-32-22-5-3-18(4-6-22)13-24(29)31-2/h3-6,15-16,20-21,23H,7-14,17H2,1-2H3/t21-,23-/m1/s1. The normalized spacial score (nSPS) is 20.8. The van der Waals surface area contributed by atoms with E-state index in [2.05, 4.69) is 14.9 Å². The highest BCUT2D eigenvalue weighted by Crippen LogP contribution is 2.49. The van der Waals surface area contributed by atoms with Crippen LogP contribution in [0.5, 0.6) is 5.75 Å². The zero-order valence-corrected chi connectivity index (χ0v) is 19.0. The molecule has 1 aromatic heterocycles. The molecule has 1 aliphatic heterocycles. The fourth-order valence-corrected chi connectivity index (χ4v) is 4.73. The van der Waals surface area contributed by atoms with Crippen molar-refractivity contribution in [3.8, 4) is 5.75 Å². The molecule has 0 unspecified atom stereocenters. The molecule has 0 N–H and O–H groups in total. The van der Waals surface area contributed by atoms with Crippen molar-refractivity contribution < 1.29 is 19.0 Å². The Morgan fingerprint density at radius 3 is 2.44 bits per heavy atom. The molecule has 2 aromatic rings. The molecule has 0 radical (unpaired) electrons. The summed E-state index contributed by atoms with van der Waals surface area (Å²) < 4.78 is 15.8. The minimum atomic E-state index is -0.225. The first-order valence-electron chi connectivity index (χ1n) is 11.5. The Labute approximate surface area is 190 Å². The highest BCUT2D eigenvalue weighted by Gasteiger charge is 2.43. The summed E-state index contributed by atoms with van der Waals surface area (Å²) in [5.41, 5.74) is 1.94. The van der Waals surface area contributed by atoms with Gasteiger partial charge >= 0.3 is 5.97 Å². The Kier molecular flexibility index (Phi) is 7.58. The molecule has 7 nitrogen and oxygen atoms in total. The van der Waals surface area contributed by atoms with Crippen molar-refractivity contribution in [1.82, 2.24) is 9.97 Å². The van der Waals surface area contributed by atoms with E-state index in [-0.39, 0.29) is 5.97 Å². The van der Waals surface area contributed by atoms with Gasteiger partial charge in [-0.3, -0.25) is 4.79 Å². The van der Waals surface area contributed by atoms with Crippen LogP contribution in [0.3, 0.4) is 0 Å². The number of piperidine rings is 1. The summed E-state index contributed by atoms with van der Waals surface area (Å²) in [5.74, 6) is 3.91. The van der Waals surface area contributed by atoms with Gasteiger partial charge in [-0.15, -0.1) is 0 Å². The first-order valence-corrected chi connectivity index (χ1v) is 11.5. The van der Waals surface area contributed by atoms with Gasteiger partial charge in [0.25, 0.3) is 0 Å². The highest BCUT2D eigenvalue weighted by molar-refractivity contribution is 5.72. The summed E-state index contributed by atoms with van der Waals surface area (Å²) in [6.45, 7) is 3.37. The number of benzene rings is 1. The number of nitrogens with zero attached hydrogens (tertiary/aromatic N) is 3. The molecule has 1 aromatic carbocycles. The molecular formula is C25H33N3O4. The number of carbonyl (C=O) groups is 1. The van der Waals surface area contributed by atoms with Gasteiger partial charge in [-0.25, -0.2) is 9.97 Å². The Hall–Kier alpha value is -2.67. The maximum Gasteiger partial charge on any atom is 0.309 e. The van der Waals surface area contributed by atoms with Gasteiger partial charge < -0.3 is 19.1 Å². The van der Waals surface area contributed by atoms with Gasteiger partial charge in [-0.1, -0.05) is 12.1 Å². The van der Waals surface area contributed by atoms with E-state index in [1.54, 1.807) is 7.11 Å². The van der Waals surface area contributed by atoms with E-state index in [0.29, 0.717) is 13.0 Å². The lowest BCUT2D eigenvalue weighted by Crippen LogP contribution is -2.35. The first kappa shape index (κ1) is 22.5. The average Bonchev–Trinajstić information content (AvgIpc) is 3.60. The van der Waals surface area contributed by atoms with Crippen molar-refractivity contribution >= 4 is 11.9 Å². The fraction of sp³-hybridized carbons (Fsp3) is 0.560. The number of aromatic nitrogens is 2. The van der Waals surface area contributed by atoms with Crippen LogP contribution in [0.25, 0.3) is 0 Å². The molecule has 2 atom stereocenters. The molecule has 1 aliphatic carbocycles. The number of ether oxygens (including phenoxy) is 3. The summed E-state index contributed by atoms with van der Waals surface area (Å²) in [7, 11) is 3.09. The number of hydrogen-bond acceptors (Lipinski definition) is 7. The predicted molar refractivity (Wildman–Crippen MR) is 122 cm³/mol. The van der Waals surface area contributed by atoms with Crippen molar-refractivity contribution in [2.45, 2.75) is 38.7 Å². The van der Waals surface area contributed by atoms with Crippen molar-refractivity contribution in [1.29, 1.82) is 0 Å². The van der Waals surface area contributed by atoms with Gasteiger partial charge in [-0.05, 0) is 61.1 Å². The number of methoxy groups -OCH3 is 2. The van der Waals surface area contributed by atoms with E-state index in [4.69, 9.17) is 14.2 Å². The van der Waals surface area contributed by atoms with Crippen molar-refractivity contribution in [2.24, 2.45) is 17.8 Å². The molecular weight excluding hydrogens is 406 g/mol. The van der Waals surface area contributed by atoms with Gasteiger partial charge in [0.2, 0.25) is 5.95 Å². The molecule has 0 spiro atoms. The van der Waals surface area contributed by atoms with Crippen molar-refractivity contribution in [3.05, 3.63) is 47.8 Å². The second kappa shape index (κ2) is 10.8. The van der Waals surface area contributed by atoms with Crippen LogP contribution in [0.1, 0.15) is 36.8 Å². The van der Waals surface area contributed by atoms with Crippen LogP contribution in [0.4, 0.5) is 5.95 Å². The predicted octanol–water partition coefficient (Wildman–Crippen LogP) is 3.66. The third kappa shape index (κ3) is 5.97. The molecule has 2 fully saturated rings. The third-order valence-electron chi connectivity index (χ3n) is 6.66. The van der Waals surface area contributed by atoms with Crippen LogP contribution < -0.4 is 9.64 Å². The number of carbonyl (C=O) groups excluding carboxylic acids is 1. The molecule has 7 heteroatoms. The minimum absolute atomic E-state index is 0.225. The summed E-state index contributed by atoms with van der Waals surface area (Å²) in [5, 5.41) is 0. The lowest BCUT2D eigenvalue weighted by Gasteiger charge is -2.32. The Balaban J connectivity index is 1.14. The minimum Gasteiger partial charge on any atom is -0.494 e. The summed E-state index contributed by atoms with van der Waals surface area (Å²) >= 11 is 0. The molecule has 172 valence electrons. The quantitative estimate of drug-likeness (QED) is 0.523. The fourth-order valence-electron chi connectivity index (χ4n) is 4.73. The van der Waals surface area contributed by atoms with E-state index in [1.807, 2.05) is 36.7 Å². The lowest BCUT2D eigenvalue weighted by atomic mass is 9.90. The summed E-state index contributed by atoms with van der Waals surface area (Å²) in [4.78, 5) is 22.7. The van der Waals surface area contributed by atoms with Crippen LogP contribution in [0.2, 0.25) is 0 Å². The van der Waals surface area contributed by atoms with Gasteiger partial charge in [-0.2, -0.15) is 0 Å². The Morgan fingerprint density at radius 1 is 1.06 bits per heavy atom. The zero-order chi connectivity index (χ0) is 22.3. The van der Waals surface area contributed by atoms with Gasteiger partial charge in [0.05, 0.1) is 26.7 Å². The SMILES string of the molecule is COCc1cnc(N2CCC([C@H]3C[C@H]3CCOc3ccc(CC(=O)OC)cc3)CC2)nc1. The van der Waals surface area contributed by atoms with Gasteiger partial charge in [0, 0.05) is 38.2 Å². The second-order valence-electron chi connectivity index (χ2n) is 8.84. The van der Waals surface area contributed by atoms with Gasteiger partial charge in [0.15, 0.2) is 0 Å². The molecule has 0 amide bonds. The molecule has 2 aliphatic rings. The zero-order valence-electron chi connectivity index (χ0n) is 19.0. The number of rotatable bonds is 10. The van der Waals surface area contributed by atoms with Crippen LogP contribution in [-0.4, -0.2) is 49.9 Å². The molecule has 0 bridgehead atoms. The number of anilines is 1. The lowest BCUT2D eigenvalue weighted by molar-refractivity contribution is -0.139. The molecule has 32 heavy (non-hydrogen) atoms. The van der Waals surface area contributed by atoms with E-state index in [0.717, 1.165) is 66.7 Å². The van der Waals surface area contributed by atoms with Crippen molar-refractivity contribution in [2.75, 3.05) is 38.8 Å². The molecule has 1 saturated heterocycles. The maximum atomic E-state index is 11.3. The molecule has 1 saturated carbocycles. The van der Waals surface area contributed by atoms with Crippen molar-refractivity contribution in [3.63, 3.8) is 0 Å². The van der Waals surface area contributed by atoms with Crippen LogP contribution in [0.15, 0.2) is 36.7 Å². The van der Waals surface area contributed by atoms with E-state index < -0.39 is 0 Å². The monoisotopic (exact) mass is 439 g/mol. The first-order chi connectivity index (χ1) is 15.7. The van der Waals surface area contributed by atoms with E-state index >= 15 is 0 Å². The molecule has 2 heterocycles. The smallest absolute Gasteiger partial charge is 0.309 e. The van der Waals surface area contributed by atoms with Crippen LogP contribution in [-0.2, 0) is 27.3 Å². The van der Waals surface area contributed by atoms with E-state index in [1.165, 1.54) is 26.4 Å². The maximum absolute atomic E-state index is 11.3. The number of hydrogen-bond donors (Lipinski definition) is 0. The third-order valence-corrected chi connectivity index (χ3v) is 6.66. The Bertz CT molecular complexity index is 864. The van der Waals surface area contributed by atoms with E-state index in [9.17, 15) is 4.79 Å². The largest absolute Gasteiger partial charge is 0.494 e. The van der Waals surface area contributed by atoms with Crippen LogP contribution in [0, 0.1) is 17.8 Å². The van der Waals surface area contributed by atoms with Gasteiger partial charge in [0.1, 0.15) is 5.75 Å².